The normalized spacial score (nSPS) is 49.0. The molecule has 5 aliphatic carbocycles. The van der Waals surface area contributed by atoms with Crippen LogP contribution < -0.4 is 0 Å². The number of fused-ring (bicyclic) bond motifs is 7. The highest BCUT2D eigenvalue weighted by Gasteiger charge is 2.76. The molecular formula is C25H34O5. The molecule has 0 bridgehead atoms. The lowest BCUT2D eigenvalue weighted by molar-refractivity contribution is -0.139. The van der Waals surface area contributed by atoms with Crippen molar-refractivity contribution in [2.24, 2.45) is 46.8 Å². The van der Waals surface area contributed by atoms with Crippen molar-refractivity contribution in [3.05, 3.63) is 24.0 Å². The molecule has 2 N–H and O–H groups in total. The first-order chi connectivity index (χ1) is 14.4. The number of carbonyl (C=O) groups excluding carboxylic acids is 1. The van der Waals surface area contributed by atoms with Crippen molar-refractivity contribution >= 4 is 11.9 Å². The van der Waals surface area contributed by atoms with Gasteiger partial charge in [0, 0.05) is 11.8 Å². The van der Waals surface area contributed by atoms with Crippen LogP contribution in [0.2, 0.25) is 0 Å². The first-order valence-electron chi connectivity index (χ1n) is 11.9. The Hall–Kier alpha value is -1.62. The van der Waals surface area contributed by atoms with E-state index in [4.69, 9.17) is 5.11 Å². The molecule has 0 aliphatic heterocycles. The maximum absolute atomic E-state index is 12.1. The van der Waals surface area contributed by atoms with Crippen molar-refractivity contribution < 1.29 is 24.5 Å². The van der Waals surface area contributed by atoms with Gasteiger partial charge in [0.25, 0.3) is 0 Å². The number of hydrogen-bond acceptors (Lipinski definition) is 4. The smallest absolute Gasteiger partial charge is 0.449 e. The Morgan fingerprint density at radius 2 is 2.10 bits per heavy atom. The molecule has 0 aromatic rings. The van der Waals surface area contributed by atoms with E-state index in [-0.39, 0.29) is 11.3 Å². The summed E-state index contributed by atoms with van der Waals surface area (Å²) in [5.41, 5.74) is 0.229. The second-order valence-corrected chi connectivity index (χ2v) is 10.5. The minimum absolute atomic E-state index is 0.195. The summed E-state index contributed by atoms with van der Waals surface area (Å²) in [6, 6.07) is 0. The summed E-state index contributed by atoms with van der Waals surface area (Å²) in [5, 5.41) is 20.8. The van der Waals surface area contributed by atoms with Gasteiger partial charge in [-0.1, -0.05) is 25.8 Å². The Morgan fingerprint density at radius 1 is 1.30 bits per heavy atom. The molecule has 5 aliphatic rings. The number of aliphatic hydroxyl groups is 1. The lowest BCUT2D eigenvalue weighted by Gasteiger charge is -2.60. The summed E-state index contributed by atoms with van der Waals surface area (Å²) < 4.78 is 4.67. The van der Waals surface area contributed by atoms with Crippen LogP contribution >= 0.6 is 0 Å². The predicted octanol–water partition coefficient (Wildman–Crippen LogP) is 4.95. The Balaban J connectivity index is 1.52. The molecule has 0 spiro atoms. The topological polar surface area (TPSA) is 83.8 Å². The number of carbonyl (C=O) groups is 2. The molecule has 0 heterocycles. The summed E-state index contributed by atoms with van der Waals surface area (Å²) in [6.07, 6.45) is 11.3. The number of carboxylic acid groups (broad SMARTS) is 1. The monoisotopic (exact) mass is 414 g/mol. The molecule has 5 heteroatoms. The average Bonchev–Trinajstić information content (AvgIpc) is 3.48. The fraction of sp³-hybridized carbons (Fsp3) is 0.760. The molecule has 4 saturated carbocycles. The van der Waals surface area contributed by atoms with E-state index in [1.165, 1.54) is 11.8 Å². The third kappa shape index (κ3) is 2.63. The van der Waals surface area contributed by atoms with Crippen molar-refractivity contribution in [2.45, 2.75) is 70.8 Å². The zero-order chi connectivity index (χ0) is 21.3. The van der Waals surface area contributed by atoms with Gasteiger partial charge in [0.15, 0.2) is 5.78 Å². The molecule has 0 saturated heterocycles. The van der Waals surface area contributed by atoms with Crippen LogP contribution in [0.5, 0.6) is 0 Å². The highest BCUT2D eigenvalue weighted by atomic mass is 16.7. The fourth-order valence-corrected chi connectivity index (χ4v) is 8.78. The fourth-order valence-electron chi connectivity index (χ4n) is 8.78. The van der Waals surface area contributed by atoms with Gasteiger partial charge in [-0.2, -0.15) is 0 Å². The SMILES string of the molecule is CC[C@H]1CC2=CC(=O)CC[C@@H]2[C@H]2CC[C@@]3(CC)[C@@H]([C@@H]4C[C@@H]4[C@@]3(O)/C=C\OC(=O)O)[C@H]12. The third-order valence-electron chi connectivity index (χ3n) is 9.86. The van der Waals surface area contributed by atoms with Gasteiger partial charge in [0.2, 0.25) is 0 Å². The number of rotatable bonds is 4. The zero-order valence-corrected chi connectivity index (χ0v) is 18.0. The second-order valence-electron chi connectivity index (χ2n) is 10.5. The van der Waals surface area contributed by atoms with Gasteiger partial charge in [-0.3, -0.25) is 4.79 Å². The number of ketones is 1. The van der Waals surface area contributed by atoms with Gasteiger partial charge in [0.1, 0.15) is 0 Å². The average molecular weight is 415 g/mol. The number of allylic oxidation sites excluding steroid dienone is 1. The highest BCUT2D eigenvalue weighted by molar-refractivity contribution is 5.91. The molecule has 164 valence electrons. The van der Waals surface area contributed by atoms with Gasteiger partial charge < -0.3 is 14.9 Å². The minimum atomic E-state index is -1.34. The molecule has 0 unspecified atom stereocenters. The van der Waals surface area contributed by atoms with Crippen LogP contribution in [0, 0.1) is 46.8 Å². The zero-order valence-electron chi connectivity index (χ0n) is 18.0. The Kier molecular flexibility index (Phi) is 4.70. The first kappa shape index (κ1) is 20.3. The maximum atomic E-state index is 12.1. The number of ether oxygens (including phenoxy) is 1. The van der Waals surface area contributed by atoms with Gasteiger partial charge in [-0.25, -0.2) is 4.79 Å². The minimum Gasteiger partial charge on any atom is -0.449 e. The quantitative estimate of drug-likeness (QED) is 0.502. The van der Waals surface area contributed by atoms with Crippen LogP contribution in [0.3, 0.4) is 0 Å². The van der Waals surface area contributed by atoms with E-state index in [1.54, 1.807) is 6.08 Å². The molecular weight excluding hydrogens is 380 g/mol. The van der Waals surface area contributed by atoms with Crippen molar-refractivity contribution in [1.82, 2.24) is 0 Å². The van der Waals surface area contributed by atoms with Crippen LogP contribution in [-0.2, 0) is 9.53 Å². The van der Waals surface area contributed by atoms with Crippen molar-refractivity contribution in [2.75, 3.05) is 0 Å². The van der Waals surface area contributed by atoms with Crippen molar-refractivity contribution in [1.29, 1.82) is 0 Å². The summed E-state index contributed by atoms with van der Waals surface area (Å²) in [7, 11) is 0. The van der Waals surface area contributed by atoms with Crippen LogP contribution in [-0.4, -0.2) is 27.8 Å². The molecule has 0 amide bonds. The van der Waals surface area contributed by atoms with Gasteiger partial charge >= 0.3 is 6.16 Å². The van der Waals surface area contributed by atoms with Crippen molar-refractivity contribution in [3.8, 4) is 0 Å². The van der Waals surface area contributed by atoms with Crippen LogP contribution in [0.15, 0.2) is 24.0 Å². The predicted molar refractivity (Wildman–Crippen MR) is 111 cm³/mol. The lowest BCUT2D eigenvalue weighted by atomic mass is 9.45. The molecule has 9 atom stereocenters. The maximum Gasteiger partial charge on any atom is 0.510 e. The van der Waals surface area contributed by atoms with E-state index >= 15 is 0 Å². The molecule has 0 aromatic heterocycles. The van der Waals surface area contributed by atoms with Crippen LogP contribution in [0.25, 0.3) is 0 Å². The van der Waals surface area contributed by atoms with Crippen LogP contribution in [0.4, 0.5) is 4.79 Å². The second kappa shape index (κ2) is 6.94. The molecule has 0 radical (unpaired) electrons. The van der Waals surface area contributed by atoms with E-state index in [9.17, 15) is 14.7 Å². The number of hydrogen-bond donors (Lipinski definition) is 2. The Morgan fingerprint density at radius 3 is 2.80 bits per heavy atom. The lowest BCUT2D eigenvalue weighted by Crippen LogP contribution is -2.57. The summed E-state index contributed by atoms with van der Waals surface area (Å²) in [5.74, 6) is 3.86. The Bertz CT molecular complexity index is 814. The van der Waals surface area contributed by atoms with E-state index < -0.39 is 11.8 Å². The van der Waals surface area contributed by atoms with E-state index in [1.807, 2.05) is 6.08 Å². The summed E-state index contributed by atoms with van der Waals surface area (Å²) in [6.45, 7) is 4.48. The van der Waals surface area contributed by atoms with Crippen LogP contribution in [0.1, 0.15) is 65.2 Å². The molecule has 30 heavy (non-hydrogen) atoms. The summed E-state index contributed by atoms with van der Waals surface area (Å²) in [4.78, 5) is 22.9. The molecule has 4 fully saturated rings. The Labute approximate surface area is 178 Å². The molecule has 5 nitrogen and oxygen atoms in total. The third-order valence-corrected chi connectivity index (χ3v) is 9.86. The van der Waals surface area contributed by atoms with Gasteiger partial charge in [-0.15, -0.1) is 0 Å². The molecule has 0 aromatic carbocycles. The van der Waals surface area contributed by atoms with E-state index in [0.29, 0.717) is 47.7 Å². The van der Waals surface area contributed by atoms with E-state index in [0.717, 1.165) is 44.9 Å². The largest absolute Gasteiger partial charge is 0.510 e. The molecule has 5 rings (SSSR count). The standard InChI is InChI=1S/C25H34O5/c1-3-14-11-15-12-16(26)5-6-17(15)18-7-8-24(4-2)22(21(14)18)19-13-20(19)25(24,29)9-10-30-23(27)28/h9-10,12,14,17-22,29H,3-8,11,13H2,1-2H3,(H,27,28)/b10-9-/t14-,17-,18+,19+,20-,21+,22-,24-,25-/m0/s1. The van der Waals surface area contributed by atoms with E-state index in [2.05, 4.69) is 18.6 Å². The van der Waals surface area contributed by atoms with Crippen molar-refractivity contribution in [3.63, 3.8) is 0 Å². The van der Waals surface area contributed by atoms with Gasteiger partial charge in [-0.05, 0) is 92.1 Å². The summed E-state index contributed by atoms with van der Waals surface area (Å²) >= 11 is 0. The first-order valence-corrected chi connectivity index (χ1v) is 11.9. The highest BCUT2D eigenvalue weighted by Crippen LogP contribution is 2.77. The van der Waals surface area contributed by atoms with Gasteiger partial charge in [0.05, 0.1) is 11.9 Å².